The molecule has 212 valence electrons. The predicted molar refractivity (Wildman–Crippen MR) is 155 cm³/mol. The van der Waals surface area contributed by atoms with E-state index in [0.717, 1.165) is 92.3 Å². The van der Waals surface area contributed by atoms with Crippen molar-refractivity contribution in [2.24, 2.45) is 5.92 Å². The molecule has 1 fully saturated rings. The molecule has 3 N–H and O–H groups in total. The smallest absolute Gasteiger partial charge is 0.305 e. The molecule has 2 aromatic heterocycles. The Morgan fingerprint density at radius 1 is 1.18 bits per heavy atom. The monoisotopic (exact) mass is 544 g/mol. The molecule has 40 heavy (non-hydrogen) atoms. The number of carbonyl (C=O) groups is 2. The Morgan fingerprint density at radius 3 is 2.85 bits per heavy atom. The summed E-state index contributed by atoms with van der Waals surface area (Å²) in [5.41, 5.74) is 5.94. The van der Waals surface area contributed by atoms with Crippen molar-refractivity contribution >= 4 is 17.7 Å². The van der Waals surface area contributed by atoms with Gasteiger partial charge in [0.25, 0.3) is 0 Å². The maximum Gasteiger partial charge on any atom is 0.305 e. The normalized spacial score (nSPS) is 18.0. The van der Waals surface area contributed by atoms with Crippen molar-refractivity contribution in [1.29, 1.82) is 0 Å². The number of likely N-dealkylation sites (tertiary alicyclic amines) is 1. The molecule has 4 heterocycles. The highest BCUT2D eigenvalue weighted by molar-refractivity contribution is 5.80. The Labute approximate surface area is 236 Å². The predicted octanol–water partition coefficient (Wildman–Crippen LogP) is 4.22. The van der Waals surface area contributed by atoms with Gasteiger partial charge >= 0.3 is 5.97 Å². The van der Waals surface area contributed by atoms with E-state index in [4.69, 9.17) is 4.98 Å². The van der Waals surface area contributed by atoms with Crippen LogP contribution in [0.5, 0.6) is 0 Å². The molecule has 1 aromatic carbocycles. The molecule has 5 rings (SSSR count). The molecule has 0 saturated carbocycles. The first-order valence-electron chi connectivity index (χ1n) is 14.5. The summed E-state index contributed by atoms with van der Waals surface area (Å²) in [7, 11) is 0. The van der Waals surface area contributed by atoms with Crippen LogP contribution >= 0.6 is 0 Å². The van der Waals surface area contributed by atoms with Gasteiger partial charge in [-0.2, -0.15) is 5.10 Å². The first kappa shape index (κ1) is 27.8. The van der Waals surface area contributed by atoms with Crippen molar-refractivity contribution in [3.8, 4) is 5.69 Å². The number of pyridine rings is 1. The number of amides is 1. The van der Waals surface area contributed by atoms with Gasteiger partial charge in [-0.1, -0.05) is 18.2 Å². The number of aliphatic carboxylic acids is 1. The van der Waals surface area contributed by atoms with Crippen molar-refractivity contribution in [2.45, 2.75) is 64.8 Å². The number of hydrogen-bond donors (Lipinski definition) is 3. The van der Waals surface area contributed by atoms with Crippen LogP contribution in [-0.4, -0.2) is 62.8 Å². The van der Waals surface area contributed by atoms with E-state index in [1.54, 1.807) is 0 Å². The standard InChI is InChI=1S/C31H40N6O3/c1-21-17-22(2)37(35-21)27-11-3-7-24(18-27)28(19-29(38)39)34-31(40)25-9-5-15-36(20-25)16-6-10-26-13-12-23-8-4-14-32-30(23)33-26/h3,7,11-13,17-18,25,28H,4-6,8-10,14-16,19-20H2,1-2H3,(H,32,33)(H,34,40)(H,38,39)/t25-,28?/m1/s1. The number of piperidine rings is 1. The number of carboxylic acid groups (broad SMARTS) is 1. The fourth-order valence-corrected chi connectivity index (χ4v) is 5.94. The quantitative estimate of drug-likeness (QED) is 0.350. The van der Waals surface area contributed by atoms with Crippen LogP contribution in [-0.2, 0) is 22.4 Å². The van der Waals surface area contributed by atoms with Crippen LogP contribution in [0.4, 0.5) is 5.82 Å². The summed E-state index contributed by atoms with van der Waals surface area (Å²) in [5.74, 6) is -0.141. The van der Waals surface area contributed by atoms with E-state index in [1.165, 1.54) is 5.56 Å². The highest BCUT2D eigenvalue weighted by Gasteiger charge is 2.28. The van der Waals surface area contributed by atoms with Crippen molar-refractivity contribution in [3.63, 3.8) is 0 Å². The zero-order chi connectivity index (χ0) is 28.1. The number of hydrogen-bond acceptors (Lipinski definition) is 6. The molecule has 2 aliphatic heterocycles. The molecule has 1 saturated heterocycles. The average molecular weight is 545 g/mol. The molecule has 3 aromatic rings. The topological polar surface area (TPSA) is 112 Å². The molecule has 0 spiro atoms. The summed E-state index contributed by atoms with van der Waals surface area (Å²) in [4.78, 5) is 32.3. The second-order valence-electron chi connectivity index (χ2n) is 11.2. The van der Waals surface area contributed by atoms with E-state index in [-0.39, 0.29) is 18.2 Å². The van der Waals surface area contributed by atoms with Gasteiger partial charge in [-0.3, -0.25) is 9.59 Å². The fraction of sp³-hybridized carbons (Fsp3) is 0.484. The number of nitrogens with one attached hydrogen (secondary N) is 2. The number of fused-ring (bicyclic) bond motifs is 1. The van der Waals surface area contributed by atoms with E-state index in [9.17, 15) is 14.7 Å². The van der Waals surface area contributed by atoms with E-state index in [1.807, 2.05) is 48.9 Å². The Kier molecular flexibility index (Phi) is 8.79. The number of benzene rings is 1. The number of rotatable bonds is 10. The fourth-order valence-electron chi connectivity index (χ4n) is 5.94. The van der Waals surface area contributed by atoms with Gasteiger partial charge < -0.3 is 20.6 Å². The Bertz CT molecular complexity index is 1350. The van der Waals surface area contributed by atoms with Crippen LogP contribution in [0.3, 0.4) is 0 Å². The molecule has 9 heteroatoms. The molecular weight excluding hydrogens is 504 g/mol. The van der Waals surface area contributed by atoms with Crippen molar-refractivity contribution in [3.05, 3.63) is 70.7 Å². The van der Waals surface area contributed by atoms with Gasteiger partial charge in [0.2, 0.25) is 5.91 Å². The van der Waals surface area contributed by atoms with Gasteiger partial charge in [-0.25, -0.2) is 9.67 Å². The summed E-state index contributed by atoms with van der Waals surface area (Å²) in [6, 6.07) is 13.4. The molecular formula is C31H40N6O3. The molecule has 0 bridgehead atoms. The molecule has 9 nitrogen and oxygen atoms in total. The lowest BCUT2D eigenvalue weighted by Gasteiger charge is -2.33. The maximum absolute atomic E-state index is 13.4. The average Bonchev–Trinajstić information content (AvgIpc) is 3.30. The lowest BCUT2D eigenvalue weighted by molar-refractivity contribution is -0.138. The van der Waals surface area contributed by atoms with Gasteiger partial charge in [-0.15, -0.1) is 0 Å². The molecule has 0 radical (unpaired) electrons. The molecule has 0 aliphatic carbocycles. The minimum atomic E-state index is -0.946. The second kappa shape index (κ2) is 12.6. The Balaban J connectivity index is 1.18. The highest BCUT2D eigenvalue weighted by atomic mass is 16.4. The van der Waals surface area contributed by atoms with Gasteiger partial charge in [0, 0.05) is 24.5 Å². The number of anilines is 1. The third kappa shape index (κ3) is 6.88. The van der Waals surface area contributed by atoms with Crippen molar-refractivity contribution in [1.82, 2.24) is 25.0 Å². The third-order valence-electron chi connectivity index (χ3n) is 7.96. The summed E-state index contributed by atoms with van der Waals surface area (Å²) < 4.78 is 1.84. The number of aryl methyl sites for hydroxylation is 4. The van der Waals surface area contributed by atoms with E-state index >= 15 is 0 Å². The first-order chi connectivity index (χ1) is 19.4. The number of carbonyl (C=O) groups excluding carboxylic acids is 1. The van der Waals surface area contributed by atoms with Crippen LogP contribution in [0.25, 0.3) is 5.69 Å². The van der Waals surface area contributed by atoms with Crippen LogP contribution in [0.2, 0.25) is 0 Å². The lowest BCUT2D eigenvalue weighted by Crippen LogP contribution is -2.44. The summed E-state index contributed by atoms with van der Waals surface area (Å²) in [5, 5.41) is 20.6. The largest absolute Gasteiger partial charge is 0.481 e. The number of carboxylic acids is 1. The molecule has 1 unspecified atom stereocenters. The Morgan fingerprint density at radius 2 is 2.05 bits per heavy atom. The molecule has 2 atom stereocenters. The zero-order valence-corrected chi connectivity index (χ0v) is 23.5. The van der Waals surface area contributed by atoms with Gasteiger partial charge in [-0.05, 0) is 101 Å². The summed E-state index contributed by atoms with van der Waals surface area (Å²) in [6.45, 7) is 7.50. The molecule has 1 amide bonds. The zero-order valence-electron chi connectivity index (χ0n) is 23.5. The van der Waals surface area contributed by atoms with E-state index in [0.29, 0.717) is 6.54 Å². The highest BCUT2D eigenvalue weighted by Crippen LogP contribution is 2.24. The van der Waals surface area contributed by atoms with Gasteiger partial charge in [0.15, 0.2) is 0 Å². The van der Waals surface area contributed by atoms with Gasteiger partial charge in [0.05, 0.1) is 29.8 Å². The van der Waals surface area contributed by atoms with Crippen LogP contribution in [0.1, 0.15) is 66.4 Å². The van der Waals surface area contributed by atoms with Crippen molar-refractivity contribution < 1.29 is 14.7 Å². The lowest BCUT2D eigenvalue weighted by atomic mass is 9.95. The number of nitrogens with zero attached hydrogens (tertiary/aromatic N) is 4. The van der Waals surface area contributed by atoms with Crippen LogP contribution in [0.15, 0.2) is 42.5 Å². The third-order valence-corrected chi connectivity index (χ3v) is 7.96. The summed E-state index contributed by atoms with van der Waals surface area (Å²) in [6.07, 6.45) is 5.74. The van der Waals surface area contributed by atoms with Crippen LogP contribution in [0, 0.1) is 19.8 Å². The van der Waals surface area contributed by atoms with Gasteiger partial charge in [0.1, 0.15) is 5.82 Å². The minimum absolute atomic E-state index is 0.0742. The minimum Gasteiger partial charge on any atom is -0.481 e. The first-order valence-corrected chi connectivity index (χ1v) is 14.5. The van der Waals surface area contributed by atoms with E-state index in [2.05, 4.69) is 32.8 Å². The van der Waals surface area contributed by atoms with E-state index < -0.39 is 12.0 Å². The van der Waals surface area contributed by atoms with Crippen LogP contribution < -0.4 is 10.6 Å². The van der Waals surface area contributed by atoms with Crippen molar-refractivity contribution in [2.75, 3.05) is 31.5 Å². The number of aromatic nitrogens is 3. The second-order valence-corrected chi connectivity index (χ2v) is 11.2. The molecule has 2 aliphatic rings. The summed E-state index contributed by atoms with van der Waals surface area (Å²) >= 11 is 0. The SMILES string of the molecule is Cc1cc(C)n(-c2cccc(C(CC(=O)O)NC(=O)[C@@H]3CCCN(CCCc4ccc5c(n4)NCCC5)C3)c2)n1. The Hall–Kier alpha value is -3.72. The maximum atomic E-state index is 13.4.